The van der Waals surface area contributed by atoms with Crippen LogP contribution in [-0.2, 0) is 11.2 Å². The lowest BCUT2D eigenvalue weighted by molar-refractivity contribution is -0.139. The summed E-state index contributed by atoms with van der Waals surface area (Å²) in [5, 5.41) is 22.0. The van der Waals surface area contributed by atoms with E-state index in [4.69, 9.17) is 9.15 Å². The molecule has 1 atom stereocenters. The molecule has 3 rings (SSSR count). The highest BCUT2D eigenvalue weighted by molar-refractivity contribution is 5.98. The Morgan fingerprint density at radius 2 is 2.00 bits per heavy atom. The number of ether oxygens (including phenoxy) is 1. The number of nitrogens with one attached hydrogen (secondary N) is 1. The van der Waals surface area contributed by atoms with Gasteiger partial charge in [-0.3, -0.25) is 4.79 Å². The minimum Gasteiger partial charge on any atom is -0.508 e. The number of carboxylic acid groups (broad SMARTS) is 1. The Hall–Kier alpha value is -3.48. The van der Waals surface area contributed by atoms with Crippen molar-refractivity contribution in [1.82, 2.24) is 5.32 Å². The largest absolute Gasteiger partial charge is 0.508 e. The van der Waals surface area contributed by atoms with Crippen molar-refractivity contribution < 1.29 is 29.0 Å². The number of fused-ring (bicyclic) bond motifs is 1. The average Bonchev–Trinajstić information content (AvgIpc) is 3.04. The second kappa shape index (κ2) is 7.18. The van der Waals surface area contributed by atoms with Crippen LogP contribution in [0.5, 0.6) is 11.5 Å². The van der Waals surface area contributed by atoms with Crippen LogP contribution in [0.25, 0.3) is 11.0 Å². The van der Waals surface area contributed by atoms with Crippen LogP contribution < -0.4 is 10.1 Å². The monoisotopic (exact) mass is 355 g/mol. The van der Waals surface area contributed by atoms with Gasteiger partial charge in [0.2, 0.25) is 0 Å². The van der Waals surface area contributed by atoms with E-state index < -0.39 is 17.9 Å². The van der Waals surface area contributed by atoms with Gasteiger partial charge >= 0.3 is 5.97 Å². The van der Waals surface area contributed by atoms with Gasteiger partial charge in [0.25, 0.3) is 5.91 Å². The smallest absolute Gasteiger partial charge is 0.326 e. The third kappa shape index (κ3) is 3.77. The lowest BCUT2D eigenvalue weighted by Gasteiger charge is -2.13. The van der Waals surface area contributed by atoms with E-state index in [1.807, 2.05) is 0 Å². The molecule has 0 unspecified atom stereocenters. The van der Waals surface area contributed by atoms with Crippen molar-refractivity contribution in [3.05, 3.63) is 59.9 Å². The molecule has 1 heterocycles. The number of carbonyl (C=O) groups excluding carboxylic acids is 1. The Morgan fingerprint density at radius 1 is 1.19 bits per heavy atom. The van der Waals surface area contributed by atoms with E-state index in [1.54, 1.807) is 30.3 Å². The van der Waals surface area contributed by atoms with Gasteiger partial charge in [-0.25, -0.2) is 4.79 Å². The Labute approximate surface area is 148 Å². The molecular weight excluding hydrogens is 338 g/mol. The quantitative estimate of drug-likeness (QED) is 0.627. The highest BCUT2D eigenvalue weighted by Crippen LogP contribution is 2.24. The number of rotatable bonds is 6. The second-order valence-corrected chi connectivity index (χ2v) is 5.75. The molecule has 3 N–H and O–H groups in total. The van der Waals surface area contributed by atoms with Crippen LogP contribution in [0.2, 0.25) is 0 Å². The molecule has 2 aromatic carbocycles. The Balaban J connectivity index is 1.78. The molecule has 0 spiro atoms. The van der Waals surface area contributed by atoms with Gasteiger partial charge < -0.3 is 24.7 Å². The van der Waals surface area contributed by atoms with Crippen LogP contribution in [0, 0.1) is 0 Å². The van der Waals surface area contributed by atoms with Gasteiger partial charge in [-0.15, -0.1) is 0 Å². The maximum Gasteiger partial charge on any atom is 0.326 e. The predicted molar refractivity (Wildman–Crippen MR) is 93.5 cm³/mol. The first kappa shape index (κ1) is 17.3. The zero-order valence-electron chi connectivity index (χ0n) is 13.9. The SMILES string of the molecule is COc1ccc2oc(C(=O)N[C@@H](Cc3cccc(O)c3)C(=O)O)cc2c1. The van der Waals surface area contributed by atoms with Gasteiger partial charge in [0.1, 0.15) is 23.1 Å². The maximum absolute atomic E-state index is 12.4. The molecule has 0 aliphatic heterocycles. The van der Waals surface area contributed by atoms with Gasteiger partial charge in [-0.1, -0.05) is 12.1 Å². The van der Waals surface area contributed by atoms with Crippen molar-refractivity contribution in [3.63, 3.8) is 0 Å². The summed E-state index contributed by atoms with van der Waals surface area (Å²) in [4.78, 5) is 23.9. The topological polar surface area (TPSA) is 109 Å². The van der Waals surface area contributed by atoms with E-state index in [9.17, 15) is 19.8 Å². The number of furan rings is 1. The first-order chi connectivity index (χ1) is 12.5. The number of phenols is 1. The van der Waals surface area contributed by atoms with Crippen LogP contribution in [0.1, 0.15) is 16.1 Å². The van der Waals surface area contributed by atoms with Crippen LogP contribution >= 0.6 is 0 Å². The lowest BCUT2D eigenvalue weighted by atomic mass is 10.1. The normalized spacial score (nSPS) is 11.9. The van der Waals surface area contributed by atoms with E-state index in [0.29, 0.717) is 22.3 Å². The van der Waals surface area contributed by atoms with Gasteiger partial charge in [0, 0.05) is 11.8 Å². The molecule has 3 aromatic rings. The van der Waals surface area contributed by atoms with Gasteiger partial charge in [-0.05, 0) is 42.0 Å². The Kier molecular flexibility index (Phi) is 4.79. The predicted octanol–water partition coefficient (Wildman–Crippen LogP) is 2.57. The number of methoxy groups -OCH3 is 1. The standard InChI is InChI=1S/C19H17NO6/c1-25-14-5-6-16-12(9-14)10-17(26-16)18(22)20-15(19(23)24)8-11-3-2-4-13(21)7-11/h2-7,9-10,15,21H,8H2,1H3,(H,20,22)(H,23,24)/t15-/m0/s1. The van der Waals surface area contributed by atoms with E-state index >= 15 is 0 Å². The molecule has 134 valence electrons. The number of amides is 1. The van der Waals surface area contributed by atoms with E-state index in [1.165, 1.54) is 25.3 Å². The summed E-state index contributed by atoms with van der Waals surface area (Å²) in [5.74, 6) is -1.15. The molecule has 0 bridgehead atoms. The summed E-state index contributed by atoms with van der Waals surface area (Å²) >= 11 is 0. The summed E-state index contributed by atoms with van der Waals surface area (Å²) in [6.07, 6.45) is 0.0313. The summed E-state index contributed by atoms with van der Waals surface area (Å²) < 4.78 is 10.6. The fourth-order valence-electron chi connectivity index (χ4n) is 2.61. The number of hydrogen-bond acceptors (Lipinski definition) is 5. The number of benzene rings is 2. The van der Waals surface area contributed by atoms with Crippen LogP contribution in [-0.4, -0.2) is 35.2 Å². The minimum absolute atomic E-state index is 0.00964. The number of carbonyl (C=O) groups is 2. The molecular formula is C19H17NO6. The molecule has 0 saturated heterocycles. The zero-order chi connectivity index (χ0) is 18.7. The third-order valence-electron chi connectivity index (χ3n) is 3.90. The molecule has 0 aliphatic carbocycles. The van der Waals surface area contributed by atoms with Crippen LogP contribution in [0.4, 0.5) is 0 Å². The average molecular weight is 355 g/mol. The number of phenolic OH excluding ortho intramolecular Hbond substituents is 1. The number of aromatic hydroxyl groups is 1. The highest BCUT2D eigenvalue weighted by Gasteiger charge is 2.23. The fraction of sp³-hybridized carbons (Fsp3) is 0.158. The van der Waals surface area contributed by atoms with Gasteiger partial charge in [0.05, 0.1) is 7.11 Å². The highest BCUT2D eigenvalue weighted by atomic mass is 16.5. The summed E-state index contributed by atoms with van der Waals surface area (Å²) in [5.41, 5.74) is 1.09. The molecule has 1 amide bonds. The van der Waals surface area contributed by atoms with E-state index in [-0.39, 0.29) is 17.9 Å². The molecule has 0 fully saturated rings. The summed E-state index contributed by atoms with van der Waals surface area (Å²) in [7, 11) is 1.54. The molecule has 0 radical (unpaired) electrons. The van der Waals surface area contributed by atoms with Crippen molar-refractivity contribution in [2.75, 3.05) is 7.11 Å². The summed E-state index contributed by atoms with van der Waals surface area (Å²) in [6.45, 7) is 0. The van der Waals surface area contributed by atoms with Crippen molar-refractivity contribution >= 4 is 22.8 Å². The van der Waals surface area contributed by atoms with E-state index in [2.05, 4.69) is 5.32 Å². The van der Waals surface area contributed by atoms with Crippen molar-refractivity contribution in [2.24, 2.45) is 0 Å². The van der Waals surface area contributed by atoms with E-state index in [0.717, 1.165) is 0 Å². The fourth-order valence-corrected chi connectivity index (χ4v) is 2.61. The molecule has 0 saturated carbocycles. The minimum atomic E-state index is -1.18. The molecule has 7 heteroatoms. The molecule has 1 aromatic heterocycles. The first-order valence-corrected chi connectivity index (χ1v) is 7.85. The summed E-state index contributed by atoms with van der Waals surface area (Å²) in [6, 6.07) is 11.7. The van der Waals surface area contributed by atoms with Gasteiger partial charge in [0.15, 0.2) is 5.76 Å². The Bertz CT molecular complexity index is 962. The lowest BCUT2D eigenvalue weighted by Crippen LogP contribution is -2.42. The van der Waals surface area contributed by atoms with Crippen molar-refractivity contribution in [3.8, 4) is 11.5 Å². The van der Waals surface area contributed by atoms with Crippen molar-refractivity contribution in [1.29, 1.82) is 0 Å². The maximum atomic E-state index is 12.4. The molecule has 26 heavy (non-hydrogen) atoms. The first-order valence-electron chi connectivity index (χ1n) is 7.85. The number of carboxylic acids is 1. The second-order valence-electron chi connectivity index (χ2n) is 5.75. The van der Waals surface area contributed by atoms with Gasteiger partial charge in [-0.2, -0.15) is 0 Å². The molecule has 0 aliphatic rings. The van der Waals surface area contributed by atoms with Crippen LogP contribution in [0.15, 0.2) is 52.9 Å². The van der Waals surface area contributed by atoms with Crippen molar-refractivity contribution in [2.45, 2.75) is 12.5 Å². The van der Waals surface area contributed by atoms with Crippen LogP contribution in [0.3, 0.4) is 0 Å². The third-order valence-corrected chi connectivity index (χ3v) is 3.90. The zero-order valence-corrected chi connectivity index (χ0v) is 13.9. The number of aliphatic carboxylic acids is 1. The Morgan fingerprint density at radius 3 is 2.69 bits per heavy atom. The molecule has 7 nitrogen and oxygen atoms in total. The number of hydrogen-bond donors (Lipinski definition) is 3.